The molecule has 4 heterocycles. The molecule has 0 radical (unpaired) electrons. The Balaban J connectivity index is 1.41. The summed E-state index contributed by atoms with van der Waals surface area (Å²) >= 11 is 0. The summed E-state index contributed by atoms with van der Waals surface area (Å²) in [6.45, 7) is 3.20. The van der Waals surface area contributed by atoms with Crippen molar-refractivity contribution in [3.63, 3.8) is 0 Å². The van der Waals surface area contributed by atoms with Gasteiger partial charge in [0.05, 0.1) is 6.04 Å². The van der Waals surface area contributed by atoms with Crippen molar-refractivity contribution in [1.29, 1.82) is 0 Å². The van der Waals surface area contributed by atoms with Gasteiger partial charge in [-0.25, -0.2) is 0 Å². The third-order valence-corrected chi connectivity index (χ3v) is 6.54. The van der Waals surface area contributed by atoms with E-state index in [1.165, 1.54) is 12.5 Å². The van der Waals surface area contributed by atoms with E-state index < -0.39 is 0 Å². The Bertz CT molecular complexity index is 988. The van der Waals surface area contributed by atoms with Crippen molar-refractivity contribution >= 4 is 11.8 Å². The van der Waals surface area contributed by atoms with Crippen LogP contribution in [0.4, 0.5) is 0 Å². The van der Waals surface area contributed by atoms with Crippen LogP contribution in [0.5, 0.6) is 0 Å². The molecule has 2 bridgehead atoms. The number of hydrogen-bond acceptors (Lipinski definition) is 4. The first-order valence-corrected chi connectivity index (χ1v) is 11.2. The molecule has 3 atom stereocenters. The molecule has 7 heteroatoms. The van der Waals surface area contributed by atoms with Crippen molar-refractivity contribution in [1.82, 2.24) is 19.8 Å². The molecule has 2 amide bonds. The first kappa shape index (κ1) is 21.3. The lowest BCUT2D eigenvalue weighted by Crippen LogP contribution is -2.53. The van der Waals surface area contributed by atoms with Gasteiger partial charge >= 0.3 is 0 Å². The van der Waals surface area contributed by atoms with E-state index in [9.17, 15) is 14.4 Å². The Labute approximate surface area is 182 Å². The normalized spacial score (nSPS) is 22.0. The molecule has 164 valence electrons. The molecule has 0 saturated carbocycles. The van der Waals surface area contributed by atoms with Crippen molar-refractivity contribution in [2.45, 2.75) is 51.0 Å². The minimum Gasteiger partial charge on any atom is -0.354 e. The largest absolute Gasteiger partial charge is 0.354 e. The number of nitrogens with zero attached hydrogens (tertiary/aromatic N) is 3. The number of amides is 2. The SMILES string of the molecule is CC(=O)NC[C@H]1[C@H]2C[C@H](CN(C(=O)CCCCc3cccnc3)C2)c2cccc(=O)n21. The van der Waals surface area contributed by atoms with E-state index >= 15 is 0 Å². The lowest BCUT2D eigenvalue weighted by Gasteiger charge is -2.47. The number of nitrogens with one attached hydrogen (secondary N) is 1. The highest BCUT2D eigenvalue weighted by Crippen LogP contribution is 2.41. The van der Waals surface area contributed by atoms with Gasteiger partial charge in [0, 0.05) is 63.1 Å². The average Bonchev–Trinajstić information content (AvgIpc) is 2.77. The highest BCUT2D eigenvalue weighted by atomic mass is 16.2. The van der Waals surface area contributed by atoms with Crippen LogP contribution < -0.4 is 10.9 Å². The quantitative estimate of drug-likeness (QED) is 0.694. The second-order valence-corrected chi connectivity index (χ2v) is 8.72. The second kappa shape index (κ2) is 9.45. The van der Waals surface area contributed by atoms with Crippen LogP contribution in [0.1, 0.15) is 55.8 Å². The van der Waals surface area contributed by atoms with Crippen LogP contribution in [0, 0.1) is 5.92 Å². The second-order valence-electron chi connectivity index (χ2n) is 8.72. The number of hydrogen-bond donors (Lipinski definition) is 1. The zero-order valence-electron chi connectivity index (χ0n) is 18.0. The van der Waals surface area contributed by atoms with E-state index in [1.54, 1.807) is 18.3 Å². The number of aromatic nitrogens is 2. The van der Waals surface area contributed by atoms with Crippen LogP contribution in [-0.4, -0.2) is 45.9 Å². The van der Waals surface area contributed by atoms with Gasteiger partial charge in [0.1, 0.15) is 0 Å². The summed E-state index contributed by atoms with van der Waals surface area (Å²) in [6, 6.07) is 9.25. The number of piperidine rings is 1. The summed E-state index contributed by atoms with van der Waals surface area (Å²) in [7, 11) is 0. The summed E-state index contributed by atoms with van der Waals surface area (Å²) in [5.41, 5.74) is 2.15. The number of aryl methyl sites for hydroxylation is 1. The van der Waals surface area contributed by atoms with Gasteiger partial charge in [-0.2, -0.15) is 0 Å². The molecule has 1 fully saturated rings. The average molecular weight is 423 g/mol. The van der Waals surface area contributed by atoms with Gasteiger partial charge in [-0.3, -0.25) is 19.4 Å². The van der Waals surface area contributed by atoms with Crippen molar-refractivity contribution in [2.24, 2.45) is 5.92 Å². The molecular formula is C24H30N4O3. The Hall–Kier alpha value is -2.96. The molecule has 0 spiro atoms. The lowest BCUT2D eigenvalue weighted by atomic mass is 9.78. The van der Waals surface area contributed by atoms with Crippen LogP contribution >= 0.6 is 0 Å². The van der Waals surface area contributed by atoms with Gasteiger partial charge in [-0.1, -0.05) is 12.1 Å². The van der Waals surface area contributed by atoms with E-state index in [0.29, 0.717) is 26.1 Å². The fraction of sp³-hybridized carbons (Fsp3) is 0.500. The summed E-state index contributed by atoms with van der Waals surface area (Å²) in [4.78, 5) is 43.2. The molecule has 2 aliphatic heterocycles. The zero-order valence-corrected chi connectivity index (χ0v) is 18.0. The maximum Gasteiger partial charge on any atom is 0.251 e. The molecule has 0 aliphatic carbocycles. The van der Waals surface area contributed by atoms with Crippen LogP contribution in [0.2, 0.25) is 0 Å². The minimum atomic E-state index is -0.120. The number of carbonyl (C=O) groups is 2. The van der Waals surface area contributed by atoms with E-state index in [0.717, 1.165) is 31.4 Å². The minimum absolute atomic E-state index is 0.0299. The highest BCUT2D eigenvalue weighted by Gasteiger charge is 2.41. The molecular weight excluding hydrogens is 392 g/mol. The predicted molar refractivity (Wildman–Crippen MR) is 118 cm³/mol. The number of pyridine rings is 2. The summed E-state index contributed by atoms with van der Waals surface area (Å²) < 4.78 is 1.85. The van der Waals surface area contributed by atoms with Gasteiger partial charge < -0.3 is 14.8 Å². The fourth-order valence-corrected chi connectivity index (χ4v) is 5.07. The van der Waals surface area contributed by atoms with Crippen molar-refractivity contribution in [3.05, 3.63) is 64.3 Å². The smallest absolute Gasteiger partial charge is 0.251 e. The van der Waals surface area contributed by atoms with Gasteiger partial charge in [0.2, 0.25) is 11.8 Å². The fourth-order valence-electron chi connectivity index (χ4n) is 5.07. The van der Waals surface area contributed by atoms with Crippen molar-refractivity contribution in [2.75, 3.05) is 19.6 Å². The van der Waals surface area contributed by atoms with Crippen LogP contribution in [0.25, 0.3) is 0 Å². The van der Waals surface area contributed by atoms with E-state index in [2.05, 4.69) is 16.4 Å². The molecule has 2 aromatic rings. The Morgan fingerprint density at radius 2 is 2.03 bits per heavy atom. The topological polar surface area (TPSA) is 84.3 Å². The van der Waals surface area contributed by atoms with Crippen LogP contribution in [0.15, 0.2) is 47.5 Å². The first-order chi connectivity index (χ1) is 15.0. The number of carbonyl (C=O) groups excluding carboxylic acids is 2. The molecule has 0 aromatic carbocycles. The number of rotatable bonds is 7. The molecule has 0 unspecified atom stereocenters. The third-order valence-electron chi connectivity index (χ3n) is 6.54. The van der Waals surface area contributed by atoms with Crippen molar-refractivity contribution < 1.29 is 9.59 Å². The van der Waals surface area contributed by atoms with Crippen LogP contribution in [-0.2, 0) is 16.0 Å². The van der Waals surface area contributed by atoms with Gasteiger partial charge in [-0.05, 0) is 49.3 Å². The molecule has 2 aromatic heterocycles. The van der Waals surface area contributed by atoms with E-state index in [-0.39, 0.29) is 35.3 Å². The maximum atomic E-state index is 13.0. The molecule has 4 rings (SSSR count). The number of unbranched alkanes of at least 4 members (excludes halogenated alkanes) is 1. The summed E-state index contributed by atoms with van der Waals surface area (Å²) in [5, 5.41) is 2.88. The summed E-state index contributed by atoms with van der Waals surface area (Å²) in [6.07, 6.45) is 7.87. The Morgan fingerprint density at radius 3 is 2.81 bits per heavy atom. The van der Waals surface area contributed by atoms with Gasteiger partial charge in [-0.15, -0.1) is 0 Å². The molecule has 1 N–H and O–H groups in total. The lowest BCUT2D eigenvalue weighted by molar-refractivity contribution is -0.134. The zero-order chi connectivity index (χ0) is 21.8. The van der Waals surface area contributed by atoms with Crippen LogP contribution in [0.3, 0.4) is 0 Å². The standard InChI is InChI=1S/C24H30N4O3/c1-17(29)26-14-22-20-12-19(21-8-4-10-24(31)28(21)22)15-27(16-20)23(30)9-3-2-6-18-7-5-11-25-13-18/h4-5,7-8,10-11,13,19-20,22H,2-3,6,9,12,14-16H2,1H3,(H,26,29)/t19-,20+,22+/m1/s1. The molecule has 31 heavy (non-hydrogen) atoms. The third kappa shape index (κ3) is 4.86. The molecule has 7 nitrogen and oxygen atoms in total. The molecule has 2 aliphatic rings. The maximum absolute atomic E-state index is 13.0. The first-order valence-electron chi connectivity index (χ1n) is 11.2. The van der Waals surface area contributed by atoms with Gasteiger partial charge in [0.25, 0.3) is 5.56 Å². The predicted octanol–water partition coefficient (Wildman–Crippen LogP) is 2.28. The van der Waals surface area contributed by atoms with Gasteiger partial charge in [0.15, 0.2) is 0 Å². The molecule has 1 saturated heterocycles. The summed E-state index contributed by atoms with van der Waals surface area (Å²) in [5.74, 6) is 0.411. The Kier molecular flexibility index (Phi) is 6.49. The Morgan fingerprint density at radius 1 is 1.16 bits per heavy atom. The van der Waals surface area contributed by atoms with E-state index in [4.69, 9.17) is 0 Å². The highest BCUT2D eigenvalue weighted by molar-refractivity contribution is 5.76. The number of fused-ring (bicyclic) bond motifs is 4. The monoisotopic (exact) mass is 422 g/mol. The van der Waals surface area contributed by atoms with E-state index in [1.807, 2.05) is 27.8 Å². The van der Waals surface area contributed by atoms with Crippen molar-refractivity contribution in [3.8, 4) is 0 Å². The number of likely N-dealkylation sites (tertiary alicyclic amines) is 1.